The van der Waals surface area contributed by atoms with Crippen LogP contribution < -0.4 is 5.43 Å². The van der Waals surface area contributed by atoms with Gasteiger partial charge in [0.25, 0.3) is 0 Å². The fraction of sp³-hybridized carbons (Fsp3) is 0.0435. The summed E-state index contributed by atoms with van der Waals surface area (Å²) >= 11 is 1.50. The average molecular weight is 386 g/mol. The van der Waals surface area contributed by atoms with E-state index in [0.29, 0.717) is 11.5 Å². The van der Waals surface area contributed by atoms with Crippen LogP contribution in [-0.4, -0.2) is 17.9 Å². The van der Waals surface area contributed by atoms with Gasteiger partial charge in [-0.1, -0.05) is 66.7 Å². The zero-order chi connectivity index (χ0) is 19.2. The molecular weight excluding hydrogens is 368 g/mol. The molecule has 0 unspecified atom stereocenters. The van der Waals surface area contributed by atoms with Gasteiger partial charge in [-0.2, -0.15) is 5.10 Å². The molecule has 28 heavy (non-hydrogen) atoms. The number of carbonyl (C=O) groups is 1. The van der Waals surface area contributed by atoms with Crippen molar-refractivity contribution in [3.63, 3.8) is 0 Å². The Balaban J connectivity index is 1.33. The summed E-state index contributed by atoms with van der Waals surface area (Å²) in [6.45, 7) is 0. The van der Waals surface area contributed by atoms with Crippen LogP contribution in [0.3, 0.4) is 0 Å². The molecule has 0 fully saturated rings. The SMILES string of the molecule is O=C(CSc1cccc2ccccc12)NN=Cc1ccc(-c2ccccc2)o1. The number of carbonyl (C=O) groups excluding carboxylic acids is 1. The summed E-state index contributed by atoms with van der Waals surface area (Å²) in [5.74, 6) is 1.48. The molecule has 4 aromatic rings. The molecule has 1 aromatic heterocycles. The van der Waals surface area contributed by atoms with E-state index >= 15 is 0 Å². The lowest BCUT2D eigenvalue weighted by molar-refractivity contribution is -0.118. The maximum Gasteiger partial charge on any atom is 0.250 e. The van der Waals surface area contributed by atoms with E-state index in [1.165, 1.54) is 18.0 Å². The second-order valence-electron chi connectivity index (χ2n) is 6.13. The highest BCUT2D eigenvalue weighted by molar-refractivity contribution is 8.00. The smallest absolute Gasteiger partial charge is 0.250 e. The van der Waals surface area contributed by atoms with Gasteiger partial charge in [-0.3, -0.25) is 4.79 Å². The van der Waals surface area contributed by atoms with Gasteiger partial charge < -0.3 is 4.42 Å². The van der Waals surface area contributed by atoms with Crippen LogP contribution in [0.25, 0.3) is 22.1 Å². The molecule has 0 bridgehead atoms. The van der Waals surface area contributed by atoms with Crippen LogP contribution in [0.5, 0.6) is 0 Å². The molecule has 0 saturated heterocycles. The molecule has 0 atom stereocenters. The Morgan fingerprint density at radius 3 is 2.61 bits per heavy atom. The van der Waals surface area contributed by atoms with E-state index in [0.717, 1.165) is 27.0 Å². The molecule has 3 aromatic carbocycles. The highest BCUT2D eigenvalue weighted by atomic mass is 32.2. The van der Waals surface area contributed by atoms with Crippen molar-refractivity contribution in [1.82, 2.24) is 5.43 Å². The summed E-state index contributed by atoms with van der Waals surface area (Å²) in [5.41, 5.74) is 3.55. The Hall–Kier alpha value is -3.31. The number of nitrogens with zero attached hydrogens (tertiary/aromatic N) is 1. The predicted octanol–water partition coefficient (Wildman–Crippen LogP) is 5.34. The highest BCUT2D eigenvalue weighted by Crippen LogP contribution is 2.27. The standard InChI is InChI=1S/C23H18N2O2S/c26-23(16-28-22-12-6-10-17-7-4-5-11-20(17)22)25-24-15-19-13-14-21(27-19)18-8-2-1-3-9-18/h1-15H,16H2,(H,25,26). The number of hydrogen-bond donors (Lipinski definition) is 1. The fourth-order valence-electron chi connectivity index (χ4n) is 2.84. The highest BCUT2D eigenvalue weighted by Gasteiger charge is 2.06. The van der Waals surface area contributed by atoms with Crippen molar-refractivity contribution < 1.29 is 9.21 Å². The van der Waals surface area contributed by atoms with Gasteiger partial charge in [0.05, 0.1) is 12.0 Å². The Kier molecular flexibility index (Phi) is 5.54. The maximum atomic E-state index is 12.1. The monoisotopic (exact) mass is 386 g/mol. The van der Waals surface area contributed by atoms with Gasteiger partial charge in [0.2, 0.25) is 5.91 Å². The van der Waals surface area contributed by atoms with Crippen molar-refractivity contribution in [3.05, 3.63) is 90.7 Å². The molecule has 0 saturated carbocycles. The lowest BCUT2D eigenvalue weighted by Gasteiger charge is -2.05. The zero-order valence-electron chi connectivity index (χ0n) is 15.0. The number of rotatable bonds is 6. The second-order valence-corrected chi connectivity index (χ2v) is 7.14. The van der Waals surface area contributed by atoms with Gasteiger partial charge in [0.15, 0.2) is 0 Å². The number of nitrogens with one attached hydrogen (secondary N) is 1. The molecule has 0 aliphatic rings. The molecule has 0 aliphatic heterocycles. The topological polar surface area (TPSA) is 54.6 Å². The summed E-state index contributed by atoms with van der Waals surface area (Å²) in [5, 5.41) is 6.30. The van der Waals surface area contributed by atoms with Crippen molar-refractivity contribution >= 4 is 34.7 Å². The minimum atomic E-state index is -0.163. The van der Waals surface area contributed by atoms with Crippen LogP contribution in [0.15, 0.2) is 99.3 Å². The van der Waals surface area contributed by atoms with Gasteiger partial charge >= 0.3 is 0 Å². The fourth-order valence-corrected chi connectivity index (χ4v) is 3.71. The third-order valence-corrected chi connectivity index (χ3v) is 5.25. The van der Waals surface area contributed by atoms with Crippen molar-refractivity contribution in [2.75, 3.05) is 5.75 Å². The third-order valence-electron chi connectivity index (χ3n) is 4.17. The van der Waals surface area contributed by atoms with E-state index in [1.54, 1.807) is 0 Å². The molecule has 5 heteroatoms. The first kappa shape index (κ1) is 18.1. The summed E-state index contributed by atoms with van der Waals surface area (Å²) in [6, 6.07) is 27.8. The minimum Gasteiger partial charge on any atom is -0.455 e. The average Bonchev–Trinajstić information content (AvgIpc) is 3.22. The van der Waals surface area contributed by atoms with Crippen LogP contribution in [0, 0.1) is 0 Å². The van der Waals surface area contributed by atoms with Gasteiger partial charge in [-0.05, 0) is 29.0 Å². The first-order chi connectivity index (χ1) is 13.8. The number of hydrogen-bond acceptors (Lipinski definition) is 4. The zero-order valence-corrected chi connectivity index (χ0v) is 15.9. The molecular formula is C23H18N2O2S. The Bertz CT molecular complexity index is 1110. The van der Waals surface area contributed by atoms with Crippen molar-refractivity contribution in [2.24, 2.45) is 5.10 Å². The number of fused-ring (bicyclic) bond motifs is 1. The van der Waals surface area contributed by atoms with Crippen molar-refractivity contribution in [3.8, 4) is 11.3 Å². The molecule has 4 rings (SSSR count). The van der Waals surface area contributed by atoms with Gasteiger partial charge in [0.1, 0.15) is 11.5 Å². The van der Waals surface area contributed by atoms with Gasteiger partial charge in [0, 0.05) is 10.5 Å². The summed E-state index contributed by atoms with van der Waals surface area (Å²) in [7, 11) is 0. The van der Waals surface area contributed by atoms with Crippen LogP contribution in [0.2, 0.25) is 0 Å². The largest absolute Gasteiger partial charge is 0.455 e. The van der Waals surface area contributed by atoms with E-state index in [9.17, 15) is 4.79 Å². The first-order valence-corrected chi connectivity index (χ1v) is 9.86. The molecule has 0 radical (unpaired) electrons. The third kappa shape index (κ3) is 4.32. The summed E-state index contributed by atoms with van der Waals surface area (Å²) in [6.07, 6.45) is 1.51. The Labute approximate surface area is 167 Å². The summed E-state index contributed by atoms with van der Waals surface area (Å²) in [4.78, 5) is 13.2. The van der Waals surface area contributed by atoms with Crippen LogP contribution in [0.1, 0.15) is 5.76 Å². The Morgan fingerprint density at radius 2 is 1.71 bits per heavy atom. The number of thioether (sulfide) groups is 1. The van der Waals surface area contributed by atoms with E-state index < -0.39 is 0 Å². The van der Waals surface area contributed by atoms with Crippen molar-refractivity contribution in [1.29, 1.82) is 0 Å². The van der Waals surface area contributed by atoms with E-state index in [4.69, 9.17) is 4.42 Å². The molecule has 1 N–H and O–H groups in total. The van der Waals surface area contributed by atoms with Gasteiger partial charge in [-0.15, -0.1) is 11.8 Å². The molecule has 138 valence electrons. The lowest BCUT2D eigenvalue weighted by Crippen LogP contribution is -2.19. The first-order valence-electron chi connectivity index (χ1n) is 8.87. The normalized spacial score (nSPS) is 11.1. The minimum absolute atomic E-state index is 0.163. The molecule has 1 amide bonds. The number of amides is 1. The summed E-state index contributed by atoms with van der Waals surface area (Å²) < 4.78 is 5.72. The molecule has 0 spiro atoms. The van der Waals surface area contributed by atoms with E-state index in [1.807, 2.05) is 66.7 Å². The second kappa shape index (κ2) is 8.59. The van der Waals surface area contributed by atoms with E-state index in [-0.39, 0.29) is 5.91 Å². The van der Waals surface area contributed by atoms with Crippen molar-refractivity contribution in [2.45, 2.75) is 4.90 Å². The quantitative estimate of drug-likeness (QED) is 0.276. The predicted molar refractivity (Wildman–Crippen MR) is 115 cm³/mol. The molecule has 0 aliphatic carbocycles. The number of benzene rings is 3. The van der Waals surface area contributed by atoms with Crippen LogP contribution >= 0.6 is 11.8 Å². The van der Waals surface area contributed by atoms with Crippen LogP contribution in [0.4, 0.5) is 0 Å². The number of hydrazone groups is 1. The Morgan fingerprint density at radius 1 is 0.929 bits per heavy atom. The maximum absolute atomic E-state index is 12.1. The lowest BCUT2D eigenvalue weighted by atomic mass is 10.1. The van der Waals surface area contributed by atoms with Crippen LogP contribution in [-0.2, 0) is 4.79 Å². The van der Waals surface area contributed by atoms with E-state index in [2.05, 4.69) is 28.7 Å². The molecule has 1 heterocycles. The van der Waals surface area contributed by atoms with Gasteiger partial charge in [-0.25, -0.2) is 5.43 Å². The molecule has 4 nitrogen and oxygen atoms in total. The number of furan rings is 1.